The van der Waals surface area contributed by atoms with Gasteiger partial charge in [0.25, 0.3) is 0 Å². The second kappa shape index (κ2) is 6.20. The van der Waals surface area contributed by atoms with E-state index in [1.807, 2.05) is 26.0 Å². The standard InChI is InChI=1S/C12H20N4O/c1-4-16(7-8-17-3)12-10(11(13)14)6-5-9(2)15-12/h5-6H,4,7-8H2,1-3H3,(H3,13,14). The summed E-state index contributed by atoms with van der Waals surface area (Å²) in [6.45, 7) is 6.14. The minimum Gasteiger partial charge on any atom is -0.384 e. The van der Waals surface area contributed by atoms with E-state index in [0.29, 0.717) is 12.2 Å². The molecule has 0 bridgehead atoms. The van der Waals surface area contributed by atoms with Crippen LogP contribution in [0.1, 0.15) is 18.2 Å². The number of anilines is 1. The maximum atomic E-state index is 7.57. The second-order valence-electron chi connectivity index (χ2n) is 3.81. The third-order valence-electron chi connectivity index (χ3n) is 2.55. The van der Waals surface area contributed by atoms with Gasteiger partial charge in [-0.15, -0.1) is 0 Å². The van der Waals surface area contributed by atoms with Crippen LogP contribution in [-0.4, -0.2) is 37.6 Å². The number of aryl methyl sites for hydroxylation is 1. The number of pyridine rings is 1. The first-order chi connectivity index (χ1) is 8.10. The summed E-state index contributed by atoms with van der Waals surface area (Å²) in [5, 5.41) is 7.57. The van der Waals surface area contributed by atoms with E-state index in [-0.39, 0.29) is 5.84 Å². The summed E-state index contributed by atoms with van der Waals surface area (Å²) in [6.07, 6.45) is 0. The Morgan fingerprint density at radius 3 is 2.76 bits per heavy atom. The molecule has 1 rings (SSSR count). The fourth-order valence-electron chi connectivity index (χ4n) is 1.61. The molecule has 1 aromatic rings. The number of aromatic nitrogens is 1. The molecule has 0 radical (unpaired) electrons. The van der Waals surface area contributed by atoms with Gasteiger partial charge >= 0.3 is 0 Å². The van der Waals surface area contributed by atoms with Gasteiger partial charge in [-0.25, -0.2) is 4.98 Å². The lowest BCUT2D eigenvalue weighted by Gasteiger charge is -2.24. The van der Waals surface area contributed by atoms with Crippen molar-refractivity contribution in [3.05, 3.63) is 23.4 Å². The summed E-state index contributed by atoms with van der Waals surface area (Å²) < 4.78 is 5.07. The lowest BCUT2D eigenvalue weighted by molar-refractivity contribution is 0.205. The van der Waals surface area contributed by atoms with Gasteiger partial charge in [0, 0.05) is 25.9 Å². The number of nitrogens with zero attached hydrogens (tertiary/aromatic N) is 2. The van der Waals surface area contributed by atoms with Crippen LogP contribution in [0.2, 0.25) is 0 Å². The molecule has 0 amide bonds. The lowest BCUT2D eigenvalue weighted by atomic mass is 10.2. The van der Waals surface area contributed by atoms with Crippen molar-refractivity contribution in [1.82, 2.24) is 4.98 Å². The van der Waals surface area contributed by atoms with Crippen LogP contribution in [0.25, 0.3) is 0 Å². The van der Waals surface area contributed by atoms with Gasteiger partial charge in [-0.1, -0.05) is 0 Å². The molecule has 5 heteroatoms. The smallest absolute Gasteiger partial charge is 0.139 e. The summed E-state index contributed by atoms with van der Waals surface area (Å²) in [7, 11) is 1.67. The molecule has 0 unspecified atom stereocenters. The van der Waals surface area contributed by atoms with E-state index in [4.69, 9.17) is 15.9 Å². The van der Waals surface area contributed by atoms with Crippen molar-refractivity contribution in [3.63, 3.8) is 0 Å². The van der Waals surface area contributed by atoms with Crippen LogP contribution in [0.3, 0.4) is 0 Å². The molecule has 0 spiro atoms. The van der Waals surface area contributed by atoms with E-state index in [2.05, 4.69) is 9.88 Å². The van der Waals surface area contributed by atoms with E-state index in [9.17, 15) is 0 Å². The van der Waals surface area contributed by atoms with Crippen molar-refractivity contribution >= 4 is 11.7 Å². The number of nitrogens with one attached hydrogen (secondary N) is 1. The van der Waals surface area contributed by atoms with Gasteiger partial charge in [-0.2, -0.15) is 0 Å². The average Bonchev–Trinajstić information content (AvgIpc) is 2.29. The molecule has 1 heterocycles. The summed E-state index contributed by atoms with van der Waals surface area (Å²) in [5.74, 6) is 0.806. The highest BCUT2D eigenvalue weighted by Crippen LogP contribution is 2.17. The maximum Gasteiger partial charge on any atom is 0.139 e. The monoisotopic (exact) mass is 236 g/mol. The topological polar surface area (TPSA) is 75.2 Å². The third-order valence-corrected chi connectivity index (χ3v) is 2.55. The number of hydrogen-bond donors (Lipinski definition) is 2. The molecule has 17 heavy (non-hydrogen) atoms. The Morgan fingerprint density at radius 2 is 2.24 bits per heavy atom. The van der Waals surface area contributed by atoms with Gasteiger partial charge in [-0.05, 0) is 26.0 Å². The molecule has 94 valence electrons. The average molecular weight is 236 g/mol. The van der Waals surface area contributed by atoms with Gasteiger partial charge < -0.3 is 15.4 Å². The molecule has 0 saturated heterocycles. The van der Waals surface area contributed by atoms with Crippen molar-refractivity contribution in [2.75, 3.05) is 31.7 Å². The van der Waals surface area contributed by atoms with E-state index in [0.717, 1.165) is 24.6 Å². The molecular weight excluding hydrogens is 216 g/mol. The Bertz CT molecular complexity index is 392. The van der Waals surface area contributed by atoms with Crippen molar-refractivity contribution in [2.45, 2.75) is 13.8 Å². The molecule has 0 atom stereocenters. The minimum atomic E-state index is 0.0448. The molecule has 0 aliphatic heterocycles. The number of nitrogen functional groups attached to an aromatic ring is 1. The fourth-order valence-corrected chi connectivity index (χ4v) is 1.61. The molecule has 5 nitrogen and oxygen atoms in total. The van der Waals surface area contributed by atoms with Gasteiger partial charge in [-0.3, -0.25) is 5.41 Å². The zero-order valence-corrected chi connectivity index (χ0v) is 10.7. The highest BCUT2D eigenvalue weighted by atomic mass is 16.5. The molecule has 0 fully saturated rings. The number of likely N-dealkylation sites (N-methyl/N-ethyl adjacent to an activating group) is 1. The molecule has 3 N–H and O–H groups in total. The SMILES string of the molecule is CCN(CCOC)c1nc(C)ccc1C(=N)N. The van der Waals surface area contributed by atoms with E-state index in [1.165, 1.54) is 0 Å². The first-order valence-corrected chi connectivity index (χ1v) is 5.66. The van der Waals surface area contributed by atoms with Gasteiger partial charge in [0.1, 0.15) is 11.7 Å². The summed E-state index contributed by atoms with van der Waals surface area (Å²) in [5.41, 5.74) is 7.16. The highest BCUT2D eigenvalue weighted by Gasteiger charge is 2.13. The minimum absolute atomic E-state index is 0.0448. The normalized spacial score (nSPS) is 10.3. The van der Waals surface area contributed by atoms with Crippen molar-refractivity contribution in [3.8, 4) is 0 Å². The van der Waals surface area contributed by atoms with E-state index < -0.39 is 0 Å². The largest absolute Gasteiger partial charge is 0.384 e. The van der Waals surface area contributed by atoms with Crippen LogP contribution >= 0.6 is 0 Å². The maximum absolute atomic E-state index is 7.57. The van der Waals surface area contributed by atoms with E-state index in [1.54, 1.807) is 7.11 Å². The zero-order chi connectivity index (χ0) is 12.8. The quantitative estimate of drug-likeness (QED) is 0.574. The number of hydrogen-bond acceptors (Lipinski definition) is 4. The number of methoxy groups -OCH3 is 1. The van der Waals surface area contributed by atoms with E-state index >= 15 is 0 Å². The molecule has 0 aromatic carbocycles. The van der Waals surface area contributed by atoms with Crippen molar-refractivity contribution in [1.29, 1.82) is 5.41 Å². The molecular formula is C12H20N4O. The highest BCUT2D eigenvalue weighted by molar-refractivity contribution is 5.99. The Hall–Kier alpha value is -1.62. The van der Waals surface area contributed by atoms with Crippen molar-refractivity contribution < 1.29 is 4.74 Å². The third kappa shape index (κ3) is 3.42. The number of nitrogens with two attached hydrogens (primary N) is 1. The first kappa shape index (κ1) is 13.4. The lowest BCUT2D eigenvalue weighted by Crippen LogP contribution is -2.30. The molecule has 1 aromatic heterocycles. The predicted molar refractivity (Wildman–Crippen MR) is 69.8 cm³/mol. The molecule has 0 saturated carbocycles. The van der Waals surface area contributed by atoms with Crippen molar-refractivity contribution in [2.24, 2.45) is 5.73 Å². The Balaban J connectivity index is 3.06. The first-order valence-electron chi connectivity index (χ1n) is 5.66. The summed E-state index contributed by atoms with van der Waals surface area (Å²) in [6, 6.07) is 3.71. The van der Waals surface area contributed by atoms with Gasteiger partial charge in [0.05, 0.1) is 12.2 Å². The van der Waals surface area contributed by atoms with Gasteiger partial charge in [0.2, 0.25) is 0 Å². The van der Waals surface area contributed by atoms with Crippen LogP contribution in [-0.2, 0) is 4.74 Å². The summed E-state index contributed by atoms with van der Waals surface area (Å²) in [4.78, 5) is 6.53. The van der Waals surface area contributed by atoms with Crippen LogP contribution in [0.15, 0.2) is 12.1 Å². The number of rotatable bonds is 6. The van der Waals surface area contributed by atoms with Crippen LogP contribution in [0.5, 0.6) is 0 Å². The molecule has 0 aliphatic rings. The Labute approximate surface area is 102 Å². The zero-order valence-electron chi connectivity index (χ0n) is 10.7. The molecule has 0 aliphatic carbocycles. The van der Waals surface area contributed by atoms with Gasteiger partial charge in [0.15, 0.2) is 0 Å². The second-order valence-corrected chi connectivity index (χ2v) is 3.81. The Kier molecular flexibility index (Phi) is 4.90. The number of ether oxygens (including phenoxy) is 1. The number of amidine groups is 1. The van der Waals surface area contributed by atoms with Crippen LogP contribution < -0.4 is 10.6 Å². The Morgan fingerprint density at radius 1 is 1.53 bits per heavy atom. The summed E-state index contributed by atoms with van der Waals surface area (Å²) >= 11 is 0. The van der Waals surface area contributed by atoms with Crippen LogP contribution in [0, 0.1) is 12.3 Å². The van der Waals surface area contributed by atoms with Crippen LogP contribution in [0.4, 0.5) is 5.82 Å². The fraction of sp³-hybridized carbons (Fsp3) is 0.500. The predicted octanol–water partition coefficient (Wildman–Crippen LogP) is 1.15.